The van der Waals surface area contributed by atoms with E-state index in [1.54, 1.807) is 0 Å². The zero-order chi connectivity index (χ0) is 12.4. The van der Waals surface area contributed by atoms with Crippen LogP contribution in [0.4, 0.5) is 0 Å². The number of hydrogen-bond acceptors (Lipinski definition) is 0. The second-order valence-electron chi connectivity index (χ2n) is 4.66. The molecule has 0 aromatic heterocycles. The van der Waals surface area contributed by atoms with Crippen LogP contribution in [0.1, 0.15) is 35.1 Å². The molecule has 0 spiro atoms. The molecule has 0 amide bonds. The van der Waals surface area contributed by atoms with Crippen molar-refractivity contribution in [3.8, 4) is 0 Å². The Balaban J connectivity index is 2.43. The Kier molecular flexibility index (Phi) is 3.54. The quantitative estimate of drug-likeness (QED) is 0.689. The fourth-order valence-corrected chi connectivity index (χ4v) is 2.57. The van der Waals surface area contributed by atoms with Gasteiger partial charge < -0.3 is 0 Å². The molecule has 0 saturated carbocycles. The lowest BCUT2D eigenvalue weighted by Gasteiger charge is -2.15. The molecule has 0 aliphatic heterocycles. The highest BCUT2D eigenvalue weighted by atomic mass is 35.5. The molecule has 0 aliphatic rings. The third-order valence-corrected chi connectivity index (χ3v) is 3.46. The number of halogens is 1. The molecule has 0 N–H and O–H groups in total. The highest BCUT2D eigenvalue weighted by Crippen LogP contribution is 2.30. The fourth-order valence-electron chi connectivity index (χ4n) is 2.27. The minimum atomic E-state index is 0.335. The highest BCUT2D eigenvalue weighted by Gasteiger charge is 2.11. The molecule has 2 rings (SSSR count). The minimum Gasteiger partial charge on any atom is -0.0840 e. The average Bonchev–Trinajstić information content (AvgIpc) is 2.27. The van der Waals surface area contributed by atoms with E-state index >= 15 is 0 Å². The van der Waals surface area contributed by atoms with Gasteiger partial charge in [0.05, 0.1) is 0 Å². The predicted molar refractivity (Wildman–Crippen MR) is 74.9 cm³/mol. The summed E-state index contributed by atoms with van der Waals surface area (Å²) in [7, 11) is 0. The molecule has 2 aromatic carbocycles. The van der Waals surface area contributed by atoms with E-state index in [9.17, 15) is 0 Å². The van der Waals surface area contributed by atoms with Gasteiger partial charge in [0.1, 0.15) is 0 Å². The second-order valence-corrected chi connectivity index (χ2v) is 5.07. The summed E-state index contributed by atoms with van der Waals surface area (Å²) in [5.41, 5.74) is 5.13. The first-order valence-corrected chi connectivity index (χ1v) is 6.28. The summed E-state index contributed by atoms with van der Waals surface area (Å²) in [5, 5.41) is 0.846. The van der Waals surface area contributed by atoms with Gasteiger partial charge in [-0.2, -0.15) is 0 Å². The third kappa shape index (κ3) is 2.70. The molecule has 0 bridgehead atoms. The SMILES string of the molecule is Cc1cc(C)cc([C@H](C)c2ccccc2Cl)c1. The largest absolute Gasteiger partial charge is 0.0840 e. The van der Waals surface area contributed by atoms with Crippen molar-refractivity contribution in [2.45, 2.75) is 26.7 Å². The van der Waals surface area contributed by atoms with Crippen LogP contribution in [0.15, 0.2) is 42.5 Å². The standard InChI is InChI=1S/C16H17Cl/c1-11-8-12(2)10-14(9-11)13(3)15-6-4-5-7-16(15)17/h4-10,13H,1-3H3/t13-/m0/s1. The van der Waals surface area contributed by atoms with Gasteiger partial charge in [-0.3, -0.25) is 0 Å². The van der Waals surface area contributed by atoms with Gasteiger partial charge in [0.25, 0.3) is 0 Å². The molecule has 0 unspecified atom stereocenters. The molecular weight excluding hydrogens is 228 g/mol. The number of rotatable bonds is 2. The van der Waals surface area contributed by atoms with Crippen molar-refractivity contribution in [3.05, 3.63) is 69.7 Å². The van der Waals surface area contributed by atoms with E-state index < -0.39 is 0 Å². The molecule has 1 atom stereocenters. The summed E-state index contributed by atoms with van der Waals surface area (Å²) in [6.07, 6.45) is 0. The van der Waals surface area contributed by atoms with Gasteiger partial charge in [-0.25, -0.2) is 0 Å². The molecule has 0 aliphatic carbocycles. The van der Waals surface area contributed by atoms with E-state index in [1.165, 1.54) is 22.3 Å². The van der Waals surface area contributed by atoms with Crippen molar-refractivity contribution < 1.29 is 0 Å². The summed E-state index contributed by atoms with van der Waals surface area (Å²) in [6, 6.07) is 14.7. The lowest BCUT2D eigenvalue weighted by Crippen LogP contribution is -1.98. The number of benzene rings is 2. The normalized spacial score (nSPS) is 12.5. The third-order valence-electron chi connectivity index (χ3n) is 3.12. The van der Waals surface area contributed by atoms with Crippen LogP contribution in [0.2, 0.25) is 5.02 Å². The lowest BCUT2D eigenvalue weighted by atomic mass is 9.91. The Bertz CT molecular complexity index is 509. The van der Waals surface area contributed by atoms with Crippen LogP contribution >= 0.6 is 11.6 Å². The van der Waals surface area contributed by atoms with Crippen molar-refractivity contribution in [2.24, 2.45) is 0 Å². The van der Waals surface area contributed by atoms with Crippen molar-refractivity contribution in [3.63, 3.8) is 0 Å². The van der Waals surface area contributed by atoms with E-state index in [0.29, 0.717) is 5.92 Å². The van der Waals surface area contributed by atoms with Gasteiger partial charge in [-0.1, -0.05) is 66.0 Å². The molecule has 88 valence electrons. The molecule has 1 heteroatoms. The zero-order valence-corrected chi connectivity index (χ0v) is 11.3. The molecule has 0 heterocycles. The van der Waals surface area contributed by atoms with Gasteiger partial charge in [0.2, 0.25) is 0 Å². The molecule has 0 radical (unpaired) electrons. The van der Waals surface area contributed by atoms with Gasteiger partial charge in [0.15, 0.2) is 0 Å². The van der Waals surface area contributed by atoms with Crippen LogP contribution in [-0.4, -0.2) is 0 Å². The Hall–Kier alpha value is -1.27. The van der Waals surface area contributed by atoms with Crippen LogP contribution in [0.25, 0.3) is 0 Å². The average molecular weight is 245 g/mol. The molecule has 0 nitrogen and oxygen atoms in total. The summed E-state index contributed by atoms with van der Waals surface area (Å²) >= 11 is 6.25. The van der Waals surface area contributed by atoms with Crippen molar-refractivity contribution >= 4 is 11.6 Å². The summed E-state index contributed by atoms with van der Waals surface area (Å²) in [5.74, 6) is 0.335. The first-order chi connectivity index (χ1) is 8.08. The van der Waals surface area contributed by atoms with E-state index in [2.05, 4.69) is 45.0 Å². The summed E-state index contributed by atoms with van der Waals surface area (Å²) in [6.45, 7) is 6.47. The van der Waals surface area contributed by atoms with E-state index in [0.717, 1.165) is 5.02 Å². The molecular formula is C16H17Cl. The Morgan fingerprint density at radius 3 is 2.12 bits per heavy atom. The number of aryl methyl sites for hydroxylation is 2. The second kappa shape index (κ2) is 4.93. The Labute approximate surface area is 108 Å². The summed E-state index contributed by atoms with van der Waals surface area (Å²) < 4.78 is 0. The monoisotopic (exact) mass is 244 g/mol. The van der Waals surface area contributed by atoms with Gasteiger partial charge >= 0.3 is 0 Å². The van der Waals surface area contributed by atoms with Crippen LogP contribution in [0, 0.1) is 13.8 Å². The van der Waals surface area contributed by atoms with Gasteiger partial charge in [-0.05, 0) is 31.0 Å². The molecule has 17 heavy (non-hydrogen) atoms. The van der Waals surface area contributed by atoms with Crippen LogP contribution < -0.4 is 0 Å². The van der Waals surface area contributed by atoms with Crippen LogP contribution in [-0.2, 0) is 0 Å². The van der Waals surface area contributed by atoms with E-state index in [1.807, 2.05) is 18.2 Å². The highest BCUT2D eigenvalue weighted by molar-refractivity contribution is 6.31. The summed E-state index contributed by atoms with van der Waals surface area (Å²) in [4.78, 5) is 0. The Morgan fingerprint density at radius 2 is 1.53 bits per heavy atom. The molecule has 0 saturated heterocycles. The fraction of sp³-hybridized carbons (Fsp3) is 0.250. The van der Waals surface area contributed by atoms with Crippen molar-refractivity contribution in [1.29, 1.82) is 0 Å². The minimum absolute atomic E-state index is 0.335. The van der Waals surface area contributed by atoms with Crippen LogP contribution in [0.3, 0.4) is 0 Å². The van der Waals surface area contributed by atoms with Crippen LogP contribution in [0.5, 0.6) is 0 Å². The van der Waals surface area contributed by atoms with Gasteiger partial charge in [-0.15, -0.1) is 0 Å². The van der Waals surface area contributed by atoms with Crippen molar-refractivity contribution in [2.75, 3.05) is 0 Å². The van der Waals surface area contributed by atoms with E-state index in [-0.39, 0.29) is 0 Å². The smallest absolute Gasteiger partial charge is 0.0444 e. The van der Waals surface area contributed by atoms with E-state index in [4.69, 9.17) is 11.6 Å². The zero-order valence-electron chi connectivity index (χ0n) is 10.5. The topological polar surface area (TPSA) is 0 Å². The first kappa shape index (κ1) is 12.2. The predicted octanol–water partition coefficient (Wildman–Crippen LogP) is 5.11. The maximum absolute atomic E-state index is 6.25. The lowest BCUT2D eigenvalue weighted by molar-refractivity contribution is 0.918. The molecule has 2 aromatic rings. The maximum atomic E-state index is 6.25. The number of hydrogen-bond donors (Lipinski definition) is 0. The first-order valence-electron chi connectivity index (χ1n) is 5.90. The van der Waals surface area contributed by atoms with Gasteiger partial charge in [0, 0.05) is 10.9 Å². The molecule has 0 fully saturated rings. The Morgan fingerprint density at radius 1 is 0.941 bits per heavy atom. The maximum Gasteiger partial charge on any atom is 0.0444 e. The van der Waals surface area contributed by atoms with Crippen molar-refractivity contribution in [1.82, 2.24) is 0 Å².